The van der Waals surface area contributed by atoms with Crippen LogP contribution in [0.5, 0.6) is 0 Å². The number of allylic oxidation sites excluding steroid dienone is 1. The maximum absolute atomic E-state index is 12.6. The molecule has 1 atom stereocenters. The molecule has 0 bridgehead atoms. The van der Waals surface area contributed by atoms with Gasteiger partial charge in [0, 0.05) is 29.0 Å². The van der Waals surface area contributed by atoms with Crippen molar-refractivity contribution >= 4 is 18.2 Å². The van der Waals surface area contributed by atoms with Crippen LogP contribution < -0.4 is 5.32 Å². The number of carbonyl (C=O) groups is 1. The zero-order chi connectivity index (χ0) is 22.3. The van der Waals surface area contributed by atoms with E-state index in [9.17, 15) is 18.0 Å². The lowest BCUT2D eigenvalue weighted by molar-refractivity contribution is -0.0941. The number of aromatic nitrogens is 2. The number of hydrogen-bond donors (Lipinski definition) is 3. The topological polar surface area (TPSA) is 81.6 Å². The Morgan fingerprint density at radius 2 is 2.13 bits per heavy atom. The molecule has 0 aliphatic rings. The number of alkyl halides is 3. The highest BCUT2D eigenvalue weighted by Gasteiger charge is 2.32. The molecule has 0 saturated carbocycles. The highest BCUT2D eigenvalue weighted by atomic mass is 19.4. The second-order valence-electron chi connectivity index (χ2n) is 6.67. The van der Waals surface area contributed by atoms with E-state index in [1.165, 1.54) is 13.0 Å². The molecule has 2 aromatic rings. The summed E-state index contributed by atoms with van der Waals surface area (Å²) in [5.41, 5.74) is 1.43. The monoisotopic (exact) mass is 414 g/mol. The van der Waals surface area contributed by atoms with Gasteiger partial charge in [-0.25, -0.2) is 4.98 Å². The van der Waals surface area contributed by atoms with Crippen molar-refractivity contribution in [1.29, 1.82) is 5.41 Å². The maximum Gasteiger partial charge on any atom is 0.412 e. The first kappa shape index (κ1) is 22.7. The van der Waals surface area contributed by atoms with Gasteiger partial charge >= 0.3 is 6.18 Å². The average Bonchev–Trinajstić information content (AvgIpc) is 3.12. The van der Waals surface area contributed by atoms with Crippen LogP contribution >= 0.6 is 0 Å². The van der Waals surface area contributed by atoms with Gasteiger partial charge in [-0.05, 0) is 56.0 Å². The molecule has 30 heavy (non-hydrogen) atoms. The van der Waals surface area contributed by atoms with Gasteiger partial charge in [0.25, 0.3) is 5.91 Å². The smallest absolute Gasteiger partial charge is 0.349 e. The van der Waals surface area contributed by atoms with Crippen molar-refractivity contribution < 1.29 is 18.0 Å². The number of imidazole rings is 1. The molecule has 2 rings (SSSR count). The van der Waals surface area contributed by atoms with Crippen molar-refractivity contribution in [3.05, 3.63) is 70.8 Å². The summed E-state index contributed by atoms with van der Waals surface area (Å²) in [4.78, 5) is 19.5. The molecule has 0 aliphatic heterocycles. The number of aryl methyl sites for hydroxylation is 1. The van der Waals surface area contributed by atoms with Crippen LogP contribution in [0.15, 0.2) is 42.6 Å². The van der Waals surface area contributed by atoms with Crippen LogP contribution in [0, 0.1) is 24.2 Å². The zero-order valence-electron chi connectivity index (χ0n) is 16.5. The van der Waals surface area contributed by atoms with Crippen molar-refractivity contribution in [2.24, 2.45) is 0 Å². The number of benzene rings is 1. The molecule has 1 heterocycles. The van der Waals surface area contributed by atoms with E-state index in [-0.39, 0.29) is 6.42 Å². The minimum Gasteiger partial charge on any atom is -0.349 e. The fourth-order valence-electron chi connectivity index (χ4n) is 2.50. The Morgan fingerprint density at radius 1 is 1.40 bits per heavy atom. The van der Waals surface area contributed by atoms with Crippen LogP contribution in [0.3, 0.4) is 0 Å². The van der Waals surface area contributed by atoms with Crippen molar-refractivity contribution in [1.82, 2.24) is 15.3 Å². The molecule has 156 valence electrons. The summed E-state index contributed by atoms with van der Waals surface area (Å²) in [5.74, 6) is 5.96. The van der Waals surface area contributed by atoms with Gasteiger partial charge in [-0.3, -0.25) is 4.79 Å². The molecule has 8 heteroatoms. The van der Waals surface area contributed by atoms with Crippen LogP contribution in [0.1, 0.15) is 46.3 Å². The molecular weight excluding hydrogens is 393 g/mol. The van der Waals surface area contributed by atoms with Crippen molar-refractivity contribution in [2.45, 2.75) is 32.5 Å². The summed E-state index contributed by atoms with van der Waals surface area (Å²) in [5, 5.41) is 9.52. The maximum atomic E-state index is 12.6. The predicted molar refractivity (Wildman–Crippen MR) is 110 cm³/mol. The van der Waals surface area contributed by atoms with Crippen LogP contribution in [-0.4, -0.2) is 34.3 Å². The summed E-state index contributed by atoms with van der Waals surface area (Å²) >= 11 is 0. The van der Waals surface area contributed by atoms with Crippen LogP contribution in [0.2, 0.25) is 0 Å². The number of amides is 1. The molecule has 0 aliphatic carbocycles. The first-order valence-electron chi connectivity index (χ1n) is 9.00. The van der Waals surface area contributed by atoms with E-state index < -0.39 is 23.7 Å². The SMILES string of the molecule is C=C(CC(C)NC(=O)c1ccc(C)c(C#Cc2cnc(C=CC=N)[nH]2)c1)C(F)(F)F. The fraction of sp³-hybridized carbons (Fsp3) is 0.227. The Bertz CT molecular complexity index is 1040. The Kier molecular flexibility index (Phi) is 7.37. The highest BCUT2D eigenvalue weighted by molar-refractivity contribution is 5.94. The van der Waals surface area contributed by atoms with E-state index in [2.05, 4.69) is 33.7 Å². The number of halogens is 3. The fourth-order valence-corrected chi connectivity index (χ4v) is 2.50. The van der Waals surface area contributed by atoms with Gasteiger partial charge in [0.05, 0.1) is 6.20 Å². The second-order valence-corrected chi connectivity index (χ2v) is 6.67. The van der Waals surface area contributed by atoms with Crippen LogP contribution in [0.4, 0.5) is 13.2 Å². The molecule has 0 spiro atoms. The predicted octanol–water partition coefficient (Wildman–Crippen LogP) is 4.41. The molecule has 5 nitrogen and oxygen atoms in total. The molecule has 0 radical (unpaired) electrons. The Balaban J connectivity index is 2.12. The lowest BCUT2D eigenvalue weighted by Crippen LogP contribution is -2.34. The van der Waals surface area contributed by atoms with Crippen molar-refractivity contribution in [3.8, 4) is 11.8 Å². The number of H-pyrrole nitrogens is 1. The molecular formula is C22H21F3N4O. The normalized spacial score (nSPS) is 12.2. The quantitative estimate of drug-likeness (QED) is 0.372. The van der Waals surface area contributed by atoms with E-state index in [1.807, 2.05) is 6.92 Å². The third kappa shape index (κ3) is 6.48. The van der Waals surface area contributed by atoms with Gasteiger partial charge in [0.2, 0.25) is 0 Å². The second kappa shape index (κ2) is 9.74. The molecule has 1 unspecified atom stereocenters. The van der Waals surface area contributed by atoms with E-state index in [4.69, 9.17) is 5.41 Å². The molecule has 0 fully saturated rings. The van der Waals surface area contributed by atoms with Crippen LogP contribution in [-0.2, 0) is 0 Å². The number of carbonyl (C=O) groups excluding carboxylic acids is 1. The first-order valence-corrected chi connectivity index (χ1v) is 9.00. The highest BCUT2D eigenvalue weighted by Crippen LogP contribution is 2.27. The van der Waals surface area contributed by atoms with E-state index >= 15 is 0 Å². The van der Waals surface area contributed by atoms with Gasteiger partial charge in [-0.15, -0.1) is 0 Å². The first-order chi connectivity index (χ1) is 14.1. The minimum atomic E-state index is -4.48. The van der Waals surface area contributed by atoms with E-state index in [0.717, 1.165) is 11.8 Å². The van der Waals surface area contributed by atoms with E-state index in [1.54, 1.807) is 30.5 Å². The van der Waals surface area contributed by atoms with Gasteiger partial charge in [-0.1, -0.05) is 18.6 Å². The van der Waals surface area contributed by atoms with Gasteiger partial charge in [-0.2, -0.15) is 13.2 Å². The Morgan fingerprint density at radius 3 is 2.80 bits per heavy atom. The average molecular weight is 414 g/mol. The number of rotatable bonds is 6. The summed E-state index contributed by atoms with van der Waals surface area (Å²) in [7, 11) is 0. The Labute approximate surface area is 172 Å². The number of hydrogen-bond acceptors (Lipinski definition) is 3. The lowest BCUT2D eigenvalue weighted by atomic mass is 10.0. The van der Waals surface area contributed by atoms with Gasteiger partial charge < -0.3 is 15.7 Å². The Hall–Kier alpha value is -3.60. The molecule has 1 aromatic heterocycles. The zero-order valence-corrected chi connectivity index (χ0v) is 16.5. The molecule has 1 amide bonds. The summed E-state index contributed by atoms with van der Waals surface area (Å²) in [6.45, 7) is 6.36. The minimum absolute atomic E-state index is 0.300. The molecule has 1 aromatic carbocycles. The van der Waals surface area contributed by atoms with Crippen molar-refractivity contribution in [2.75, 3.05) is 0 Å². The number of aromatic amines is 1. The summed E-state index contributed by atoms with van der Waals surface area (Å²) < 4.78 is 37.8. The number of nitrogens with zero attached hydrogens (tertiary/aromatic N) is 1. The van der Waals surface area contributed by atoms with Crippen molar-refractivity contribution in [3.63, 3.8) is 0 Å². The third-order valence-electron chi connectivity index (χ3n) is 4.11. The summed E-state index contributed by atoms with van der Waals surface area (Å²) in [6.07, 6.45) is 0.970. The largest absolute Gasteiger partial charge is 0.412 e. The summed E-state index contributed by atoms with van der Waals surface area (Å²) in [6, 6.07) is 4.19. The molecule has 3 N–H and O–H groups in total. The van der Waals surface area contributed by atoms with Gasteiger partial charge in [0.1, 0.15) is 11.5 Å². The third-order valence-corrected chi connectivity index (χ3v) is 4.11. The van der Waals surface area contributed by atoms with Gasteiger partial charge in [0.15, 0.2) is 0 Å². The standard InChI is InChI=1S/C22H21F3N4O/c1-14-6-7-18(21(30)28-16(3)11-15(2)22(23,24)25)12-17(14)8-9-19-13-27-20(29-19)5-4-10-26/h4-7,10,12-13,16,26H,2,11H2,1,3H3,(H,27,29)(H,28,30). The molecule has 0 saturated heterocycles. The van der Waals surface area contributed by atoms with E-state index in [0.29, 0.717) is 22.6 Å². The van der Waals surface area contributed by atoms with Crippen LogP contribution in [0.25, 0.3) is 6.08 Å². The lowest BCUT2D eigenvalue weighted by Gasteiger charge is -2.17. The number of nitrogens with one attached hydrogen (secondary N) is 3.